The fourth-order valence-electron chi connectivity index (χ4n) is 10.2. The number of hydrogen-bond acceptors (Lipinski definition) is 6. The molecule has 9 aromatic carbocycles. The van der Waals surface area contributed by atoms with Crippen molar-refractivity contribution in [2.75, 3.05) is 9.80 Å². The number of rotatable bonds is 7. The number of fused-ring (bicyclic) bond motifs is 12. The third-order valence-electron chi connectivity index (χ3n) is 13.4. The van der Waals surface area contributed by atoms with Gasteiger partial charge in [0.1, 0.15) is 44.5 Å². The molecule has 4 heterocycles. The Morgan fingerprint density at radius 3 is 1.24 bits per heavy atom. The number of benzene rings is 9. The minimum atomic E-state index is 0.0451. The molecule has 6 nitrogen and oxygen atoms in total. The molecule has 66 heavy (non-hydrogen) atoms. The molecule has 0 aliphatic heterocycles. The van der Waals surface area contributed by atoms with Crippen LogP contribution in [0.25, 0.3) is 100 Å². The molecule has 0 radical (unpaired) electrons. The van der Waals surface area contributed by atoms with Gasteiger partial charge in [0.25, 0.3) is 0 Å². The van der Waals surface area contributed by atoms with Gasteiger partial charge in [0.15, 0.2) is 0 Å². The zero-order chi connectivity index (χ0) is 43.3. The summed E-state index contributed by atoms with van der Waals surface area (Å²) < 4.78 is 25.1. The number of para-hydroxylation sites is 4. The third-order valence-corrected chi connectivity index (χ3v) is 13.4. The van der Waals surface area contributed by atoms with Crippen LogP contribution in [0, 0.1) is 0 Å². The molecular formula is C60H38N2O4. The summed E-state index contributed by atoms with van der Waals surface area (Å²) in [4.78, 5) is 4.77. The van der Waals surface area contributed by atoms with Crippen LogP contribution < -0.4 is 20.4 Å². The van der Waals surface area contributed by atoms with Gasteiger partial charge in [-0.3, -0.25) is 0 Å². The van der Waals surface area contributed by atoms with E-state index in [2.05, 4.69) is 174 Å². The molecule has 14 rings (SSSR count). The van der Waals surface area contributed by atoms with Gasteiger partial charge >= 0.3 is 0 Å². The van der Waals surface area contributed by atoms with Crippen molar-refractivity contribution in [3.05, 3.63) is 211 Å². The van der Waals surface area contributed by atoms with E-state index >= 15 is 0 Å². The van der Waals surface area contributed by atoms with E-state index in [9.17, 15) is 0 Å². The van der Waals surface area contributed by atoms with Gasteiger partial charge in [-0.15, -0.1) is 0 Å². The molecule has 0 N–H and O–H groups in total. The van der Waals surface area contributed by atoms with Crippen molar-refractivity contribution in [3.63, 3.8) is 0 Å². The number of furan rings is 4. The van der Waals surface area contributed by atoms with Gasteiger partial charge in [-0.1, -0.05) is 97.1 Å². The van der Waals surface area contributed by atoms with Crippen molar-refractivity contribution in [2.45, 2.75) is 12.5 Å². The van der Waals surface area contributed by atoms with Crippen LogP contribution in [0.3, 0.4) is 0 Å². The van der Waals surface area contributed by atoms with E-state index in [0.29, 0.717) is 0 Å². The van der Waals surface area contributed by atoms with E-state index < -0.39 is 0 Å². The van der Waals surface area contributed by atoms with Gasteiger partial charge in [0.05, 0.1) is 6.04 Å². The summed E-state index contributed by atoms with van der Waals surface area (Å²) in [6.45, 7) is 0. The van der Waals surface area contributed by atoms with Gasteiger partial charge in [-0.2, -0.15) is 0 Å². The topological polar surface area (TPSA) is 59.0 Å². The molecule has 0 amide bonds. The predicted molar refractivity (Wildman–Crippen MR) is 270 cm³/mol. The van der Waals surface area contributed by atoms with Crippen LogP contribution in [-0.2, 0) is 0 Å². The molecule has 0 fully saturated rings. The summed E-state index contributed by atoms with van der Waals surface area (Å²) in [7, 11) is 0. The zero-order valence-corrected chi connectivity index (χ0v) is 35.5. The first kappa shape index (κ1) is 36.7. The Hall–Kier alpha value is -8.74. The van der Waals surface area contributed by atoms with Crippen LogP contribution in [-0.4, -0.2) is 6.04 Å². The second-order valence-electron chi connectivity index (χ2n) is 17.2. The van der Waals surface area contributed by atoms with Crippen molar-refractivity contribution in [1.29, 1.82) is 0 Å². The lowest BCUT2D eigenvalue weighted by molar-refractivity contribution is 0.569. The number of hydrogen-bond donors (Lipinski definition) is 0. The molecule has 1 aliphatic rings. The van der Waals surface area contributed by atoms with Crippen LogP contribution in [0.15, 0.2) is 218 Å². The smallest absolute Gasteiger partial charge is 0.135 e. The van der Waals surface area contributed by atoms with Crippen molar-refractivity contribution in [2.24, 2.45) is 0 Å². The van der Waals surface area contributed by atoms with E-state index in [-0.39, 0.29) is 6.04 Å². The molecule has 1 unspecified atom stereocenters. The quantitative estimate of drug-likeness (QED) is 0.159. The highest BCUT2D eigenvalue weighted by Gasteiger charge is 2.24. The molecule has 6 heteroatoms. The average molecular weight is 851 g/mol. The van der Waals surface area contributed by atoms with Crippen molar-refractivity contribution < 1.29 is 17.7 Å². The van der Waals surface area contributed by atoms with Crippen LogP contribution in [0.1, 0.15) is 6.42 Å². The van der Waals surface area contributed by atoms with Crippen LogP contribution >= 0.6 is 0 Å². The van der Waals surface area contributed by atoms with Crippen LogP contribution in [0.4, 0.5) is 28.4 Å². The SMILES string of the molecule is C1=c2oc3ccccc3c2=CC(N(c2ccc(-c3ccc(N(c4ccc5oc6ccccc6c5c4)c4ccc5oc6ccccc6c5c4)cc3)cc2)c2ccc3oc4ccccc4c3c2)C1. The van der Waals surface area contributed by atoms with Crippen LogP contribution in [0.2, 0.25) is 0 Å². The summed E-state index contributed by atoms with van der Waals surface area (Å²) >= 11 is 0. The summed E-state index contributed by atoms with van der Waals surface area (Å²) in [5.41, 5.74) is 14.7. The van der Waals surface area contributed by atoms with E-state index in [4.69, 9.17) is 17.7 Å². The Bertz CT molecular complexity index is 4060. The van der Waals surface area contributed by atoms with E-state index in [1.165, 1.54) is 0 Å². The first-order valence-corrected chi connectivity index (χ1v) is 22.4. The molecular weight excluding hydrogens is 813 g/mol. The molecule has 0 spiro atoms. The van der Waals surface area contributed by atoms with Gasteiger partial charge in [0.2, 0.25) is 0 Å². The lowest BCUT2D eigenvalue weighted by atomic mass is 10.0. The Balaban J connectivity index is 0.855. The molecule has 1 aliphatic carbocycles. The standard InChI is InChI=1S/C60H38N2O4/c1-5-13-53-45(9-1)49-33-41(25-29-57(49)63-53)61(42-26-30-58-50(34-42)46-10-2-6-14-54(46)64-58)39-21-17-37(18-22-39)38-19-23-40(24-20-38)62(43-27-31-59-51(35-43)47-11-3-7-15-55(47)65-59)44-28-32-60-52(36-44)48-12-4-8-16-56(48)66-60/h1-27,29-36,44H,28H2. The Morgan fingerprint density at radius 2 is 0.727 bits per heavy atom. The van der Waals surface area contributed by atoms with Crippen LogP contribution in [0.5, 0.6) is 0 Å². The number of anilines is 5. The summed E-state index contributed by atoms with van der Waals surface area (Å²) in [5.74, 6) is 0. The average Bonchev–Trinajstić information content (AvgIpc) is 4.14. The maximum Gasteiger partial charge on any atom is 0.135 e. The molecule has 4 aromatic heterocycles. The van der Waals surface area contributed by atoms with E-state index in [0.717, 1.165) is 133 Å². The highest BCUT2D eigenvalue weighted by Crippen LogP contribution is 2.42. The minimum Gasteiger partial charge on any atom is -0.456 e. The van der Waals surface area contributed by atoms with E-state index in [1.54, 1.807) is 0 Å². The second-order valence-corrected chi connectivity index (χ2v) is 17.2. The lowest BCUT2D eigenvalue weighted by Crippen LogP contribution is -2.36. The van der Waals surface area contributed by atoms with Gasteiger partial charge in [-0.05, 0) is 133 Å². The Labute approximate surface area is 377 Å². The maximum atomic E-state index is 6.29. The minimum absolute atomic E-state index is 0.0451. The molecule has 312 valence electrons. The second kappa shape index (κ2) is 14.4. The highest BCUT2D eigenvalue weighted by molar-refractivity contribution is 6.09. The van der Waals surface area contributed by atoms with Crippen molar-refractivity contribution >= 4 is 117 Å². The molecule has 0 saturated heterocycles. The van der Waals surface area contributed by atoms with Gasteiger partial charge in [0, 0.05) is 71.4 Å². The van der Waals surface area contributed by atoms with E-state index in [1.807, 2.05) is 48.5 Å². The Morgan fingerprint density at radius 1 is 0.333 bits per heavy atom. The number of nitrogens with zero attached hydrogens (tertiary/aromatic N) is 2. The largest absolute Gasteiger partial charge is 0.456 e. The monoisotopic (exact) mass is 850 g/mol. The Kier molecular flexibility index (Phi) is 8.01. The lowest BCUT2D eigenvalue weighted by Gasteiger charge is -2.32. The third kappa shape index (κ3) is 5.82. The fourth-order valence-corrected chi connectivity index (χ4v) is 10.2. The molecule has 1 atom stereocenters. The summed E-state index contributed by atoms with van der Waals surface area (Å²) in [6.07, 6.45) is 5.41. The predicted octanol–water partition coefficient (Wildman–Crippen LogP) is 15.4. The zero-order valence-electron chi connectivity index (χ0n) is 35.5. The van der Waals surface area contributed by atoms with Gasteiger partial charge in [-0.25, -0.2) is 0 Å². The first-order valence-electron chi connectivity index (χ1n) is 22.4. The first-order chi connectivity index (χ1) is 32.7. The molecule has 13 aromatic rings. The summed E-state index contributed by atoms with van der Waals surface area (Å²) in [6, 6.07) is 70.4. The molecule has 0 bridgehead atoms. The van der Waals surface area contributed by atoms with Crippen molar-refractivity contribution in [3.8, 4) is 11.1 Å². The normalized spacial score (nSPS) is 13.8. The maximum absolute atomic E-state index is 6.29. The van der Waals surface area contributed by atoms with Gasteiger partial charge < -0.3 is 27.5 Å². The summed E-state index contributed by atoms with van der Waals surface area (Å²) in [5, 5.41) is 8.83. The highest BCUT2D eigenvalue weighted by atomic mass is 16.3. The van der Waals surface area contributed by atoms with Crippen molar-refractivity contribution in [1.82, 2.24) is 0 Å². The fraction of sp³-hybridized carbons (Fsp3) is 0.0333. The molecule has 0 saturated carbocycles.